The van der Waals surface area contributed by atoms with Crippen LogP contribution in [0.1, 0.15) is 44.3 Å². The number of carbonyl (C=O) groups is 2. The molecular weight excluding hydrogens is 384 g/mol. The van der Waals surface area contributed by atoms with Crippen LogP contribution < -0.4 is 5.32 Å². The number of sulfonamides is 1. The largest absolute Gasteiger partial charge is 0.455 e. The Hall–Kier alpha value is -1.94. The highest BCUT2D eigenvalue weighted by Crippen LogP contribution is 2.24. The molecule has 1 saturated carbocycles. The minimum atomic E-state index is -3.67. The standard InChI is InChI=1S/C18H28N4O5S/c1-13-19-17(11-21(13)2)28(25,26)22-9-7-14(8-10-22)18(24)27-12-16(23)20-15-5-3-4-6-15/h11,14-15H,3-10,12H2,1-2H3,(H,20,23). The highest BCUT2D eigenvalue weighted by Gasteiger charge is 2.34. The Balaban J connectivity index is 1.46. The molecule has 2 aliphatic rings. The summed E-state index contributed by atoms with van der Waals surface area (Å²) in [6.07, 6.45) is 6.41. The van der Waals surface area contributed by atoms with Crippen LogP contribution in [0.4, 0.5) is 0 Å². The van der Waals surface area contributed by atoms with E-state index in [0.29, 0.717) is 18.7 Å². The molecule has 2 heterocycles. The molecule has 0 radical (unpaired) electrons. The molecule has 10 heteroatoms. The van der Waals surface area contributed by atoms with E-state index in [1.54, 1.807) is 18.5 Å². The van der Waals surface area contributed by atoms with Gasteiger partial charge in [0.1, 0.15) is 5.82 Å². The van der Waals surface area contributed by atoms with Crippen molar-refractivity contribution in [1.82, 2.24) is 19.2 Å². The van der Waals surface area contributed by atoms with Crippen molar-refractivity contribution in [1.29, 1.82) is 0 Å². The molecule has 0 aromatic carbocycles. The number of hydrogen-bond acceptors (Lipinski definition) is 6. The van der Waals surface area contributed by atoms with Crippen molar-refractivity contribution in [2.24, 2.45) is 13.0 Å². The van der Waals surface area contributed by atoms with E-state index in [9.17, 15) is 18.0 Å². The van der Waals surface area contributed by atoms with E-state index in [4.69, 9.17) is 4.74 Å². The molecule has 1 aliphatic heterocycles. The Morgan fingerprint density at radius 2 is 1.86 bits per heavy atom. The summed E-state index contributed by atoms with van der Waals surface area (Å²) in [6, 6.07) is 0.190. The maximum absolute atomic E-state index is 12.7. The van der Waals surface area contributed by atoms with Gasteiger partial charge in [0.2, 0.25) is 0 Å². The van der Waals surface area contributed by atoms with E-state index < -0.39 is 21.9 Å². The van der Waals surface area contributed by atoms with Gasteiger partial charge in [0.25, 0.3) is 15.9 Å². The third-order valence-corrected chi connectivity index (χ3v) is 7.31. The number of carbonyl (C=O) groups excluding carboxylic acids is 2. The van der Waals surface area contributed by atoms with E-state index in [1.165, 1.54) is 10.5 Å². The fourth-order valence-electron chi connectivity index (χ4n) is 3.71. The van der Waals surface area contributed by atoms with Crippen LogP contribution in [-0.4, -0.2) is 59.9 Å². The number of nitrogens with zero attached hydrogens (tertiary/aromatic N) is 3. The molecule has 9 nitrogen and oxygen atoms in total. The predicted octanol–water partition coefficient (Wildman–Crippen LogP) is 0.731. The molecule has 0 spiro atoms. The zero-order valence-corrected chi connectivity index (χ0v) is 17.2. The third-order valence-electron chi connectivity index (χ3n) is 5.54. The van der Waals surface area contributed by atoms with Gasteiger partial charge in [-0.25, -0.2) is 13.4 Å². The van der Waals surface area contributed by atoms with Gasteiger partial charge in [-0.05, 0) is 32.6 Å². The summed E-state index contributed by atoms with van der Waals surface area (Å²) in [5.74, 6) is -0.484. The third kappa shape index (κ3) is 4.72. The molecule has 1 N–H and O–H groups in total. The maximum atomic E-state index is 12.7. The average molecular weight is 413 g/mol. The van der Waals surface area contributed by atoms with Crippen LogP contribution in [0.3, 0.4) is 0 Å². The summed E-state index contributed by atoms with van der Waals surface area (Å²) in [4.78, 5) is 28.2. The Morgan fingerprint density at radius 1 is 1.21 bits per heavy atom. The maximum Gasteiger partial charge on any atom is 0.309 e. The molecule has 2 fully saturated rings. The second-order valence-corrected chi connectivity index (χ2v) is 9.46. The van der Waals surface area contributed by atoms with Crippen LogP contribution in [0.5, 0.6) is 0 Å². The van der Waals surface area contributed by atoms with Crippen LogP contribution in [0.15, 0.2) is 11.2 Å². The van der Waals surface area contributed by atoms with Gasteiger partial charge in [0.15, 0.2) is 11.6 Å². The van der Waals surface area contributed by atoms with Crippen molar-refractivity contribution in [3.05, 3.63) is 12.0 Å². The zero-order chi connectivity index (χ0) is 20.3. The minimum Gasteiger partial charge on any atom is -0.455 e. The van der Waals surface area contributed by atoms with Crippen LogP contribution in [0, 0.1) is 12.8 Å². The van der Waals surface area contributed by atoms with Gasteiger partial charge >= 0.3 is 5.97 Å². The number of hydrogen-bond donors (Lipinski definition) is 1. The van der Waals surface area contributed by atoms with Gasteiger partial charge in [-0.1, -0.05) is 12.8 Å². The van der Waals surface area contributed by atoms with Gasteiger partial charge in [0, 0.05) is 32.4 Å². The Morgan fingerprint density at radius 3 is 2.43 bits per heavy atom. The molecule has 0 atom stereocenters. The van der Waals surface area contributed by atoms with Crippen molar-refractivity contribution in [2.45, 2.75) is 56.5 Å². The first-order chi connectivity index (χ1) is 13.3. The summed E-state index contributed by atoms with van der Waals surface area (Å²) in [7, 11) is -1.92. The van der Waals surface area contributed by atoms with E-state index >= 15 is 0 Å². The van der Waals surface area contributed by atoms with Crippen LogP contribution in [-0.2, 0) is 31.4 Å². The quantitative estimate of drug-likeness (QED) is 0.690. The molecule has 1 amide bonds. The molecule has 0 unspecified atom stereocenters. The lowest BCUT2D eigenvalue weighted by Crippen LogP contribution is -2.41. The van der Waals surface area contributed by atoms with E-state index in [2.05, 4.69) is 10.3 Å². The lowest BCUT2D eigenvalue weighted by molar-refractivity contribution is -0.153. The number of nitrogens with one attached hydrogen (secondary N) is 1. The predicted molar refractivity (Wildman–Crippen MR) is 101 cm³/mol. The van der Waals surface area contributed by atoms with Gasteiger partial charge in [-0.3, -0.25) is 9.59 Å². The molecule has 1 aliphatic carbocycles. The van der Waals surface area contributed by atoms with E-state index in [1.807, 2.05) is 0 Å². The number of amides is 1. The monoisotopic (exact) mass is 412 g/mol. The first-order valence-electron chi connectivity index (χ1n) is 9.73. The van der Waals surface area contributed by atoms with Crippen molar-refractivity contribution in [3.8, 4) is 0 Å². The van der Waals surface area contributed by atoms with Crippen molar-refractivity contribution >= 4 is 21.9 Å². The summed E-state index contributed by atoms with van der Waals surface area (Å²) >= 11 is 0. The number of aryl methyl sites for hydroxylation is 2. The van der Waals surface area contributed by atoms with Crippen molar-refractivity contribution in [3.63, 3.8) is 0 Å². The fourth-order valence-corrected chi connectivity index (χ4v) is 5.20. The normalized spacial score (nSPS) is 19.6. The SMILES string of the molecule is Cc1nc(S(=O)(=O)N2CCC(C(=O)OCC(=O)NC3CCCC3)CC2)cn1C. The first kappa shape index (κ1) is 20.8. The number of rotatable bonds is 6. The highest BCUT2D eigenvalue weighted by molar-refractivity contribution is 7.89. The minimum absolute atomic E-state index is 0.0251. The van der Waals surface area contributed by atoms with Crippen LogP contribution >= 0.6 is 0 Å². The van der Waals surface area contributed by atoms with Crippen LogP contribution in [0.25, 0.3) is 0 Å². The van der Waals surface area contributed by atoms with Crippen molar-refractivity contribution in [2.75, 3.05) is 19.7 Å². The zero-order valence-electron chi connectivity index (χ0n) is 16.4. The van der Waals surface area contributed by atoms with Crippen LogP contribution in [0.2, 0.25) is 0 Å². The molecule has 156 valence electrons. The number of esters is 1. The second kappa shape index (κ2) is 8.60. The lowest BCUT2D eigenvalue weighted by Gasteiger charge is -2.29. The molecule has 3 rings (SSSR count). The molecule has 1 aromatic heterocycles. The number of ether oxygens (including phenoxy) is 1. The fraction of sp³-hybridized carbons (Fsp3) is 0.722. The summed E-state index contributed by atoms with van der Waals surface area (Å²) in [5, 5.41) is 2.90. The molecule has 28 heavy (non-hydrogen) atoms. The Labute approximate surface area is 165 Å². The van der Waals surface area contributed by atoms with Gasteiger partial charge < -0.3 is 14.6 Å². The van der Waals surface area contributed by atoms with E-state index in [0.717, 1.165) is 25.7 Å². The average Bonchev–Trinajstić information content (AvgIpc) is 3.30. The van der Waals surface area contributed by atoms with Gasteiger partial charge in [-0.15, -0.1) is 0 Å². The Kier molecular flexibility index (Phi) is 6.39. The number of imidazole rings is 1. The van der Waals surface area contributed by atoms with E-state index in [-0.39, 0.29) is 36.7 Å². The lowest BCUT2D eigenvalue weighted by atomic mass is 9.98. The summed E-state index contributed by atoms with van der Waals surface area (Å²) in [5.41, 5.74) is 0. The highest BCUT2D eigenvalue weighted by atomic mass is 32.2. The smallest absolute Gasteiger partial charge is 0.309 e. The van der Waals surface area contributed by atoms with Gasteiger partial charge in [-0.2, -0.15) is 4.31 Å². The summed E-state index contributed by atoms with van der Waals surface area (Å²) < 4.78 is 33.5. The molecule has 1 saturated heterocycles. The first-order valence-corrected chi connectivity index (χ1v) is 11.2. The Bertz CT molecular complexity index is 802. The molecule has 0 bridgehead atoms. The molecular formula is C18H28N4O5S. The topological polar surface area (TPSA) is 111 Å². The number of piperidine rings is 1. The van der Waals surface area contributed by atoms with Gasteiger partial charge in [0.05, 0.1) is 5.92 Å². The van der Waals surface area contributed by atoms with Crippen molar-refractivity contribution < 1.29 is 22.7 Å². The second-order valence-electron chi connectivity index (χ2n) is 7.57. The number of aromatic nitrogens is 2. The molecule has 1 aromatic rings. The summed E-state index contributed by atoms with van der Waals surface area (Å²) in [6.45, 7) is 1.92.